The summed E-state index contributed by atoms with van der Waals surface area (Å²) in [5, 5.41) is 109. The third kappa shape index (κ3) is 17.0. The van der Waals surface area contributed by atoms with Gasteiger partial charge in [-0.2, -0.15) is 0 Å². The van der Waals surface area contributed by atoms with E-state index in [0.717, 1.165) is 46.5 Å². The molecule has 0 saturated carbocycles. The minimum absolute atomic E-state index is 0.0984. The van der Waals surface area contributed by atoms with Crippen LogP contribution in [-0.4, -0.2) is 225 Å². The normalized spacial score (nSPS) is 36.0. The number of unbranched alkanes of at least 4 members (excludes halogenated alkanes) is 8. The summed E-state index contributed by atoms with van der Waals surface area (Å²) in [6.45, 7) is 2.82. The van der Waals surface area contributed by atoms with Gasteiger partial charge in [0.25, 0.3) is 5.91 Å². The summed E-state index contributed by atoms with van der Waals surface area (Å²) in [6.07, 6.45) is -17.0. The van der Waals surface area contributed by atoms with Crippen LogP contribution in [0.3, 0.4) is 0 Å². The molecule has 428 valence electrons. The van der Waals surface area contributed by atoms with E-state index in [2.05, 4.69) is 41.1 Å². The van der Waals surface area contributed by atoms with Gasteiger partial charge in [-0.25, -0.2) is 0 Å². The number of hydrogen-bond acceptors (Lipinski definition) is 23. The largest absolute Gasteiger partial charge is 0.494 e. The average Bonchev–Trinajstić information content (AvgIpc) is 3.37. The van der Waals surface area contributed by atoms with Gasteiger partial charge in [-0.05, 0) is 37.5 Å². The first-order chi connectivity index (χ1) is 35.9. The number of rotatable bonds is 27. The molecular formula is C48H78N4O22S. The highest BCUT2D eigenvalue weighted by Gasteiger charge is 2.56. The Labute approximate surface area is 440 Å². The Kier molecular flexibility index (Phi) is 25.5. The van der Waals surface area contributed by atoms with Crippen LogP contribution in [-0.2, 0) is 51.7 Å². The highest BCUT2D eigenvalue weighted by Crippen LogP contribution is 2.35. The van der Waals surface area contributed by atoms with Gasteiger partial charge in [-0.15, -0.1) is 0 Å². The number of carbonyl (C=O) groups is 4. The molecule has 4 aliphatic rings. The predicted molar refractivity (Wildman–Crippen MR) is 261 cm³/mol. The molecule has 4 heterocycles. The summed E-state index contributed by atoms with van der Waals surface area (Å²) < 4.78 is 52.7. The van der Waals surface area contributed by atoms with Gasteiger partial charge in [0, 0.05) is 26.3 Å². The van der Waals surface area contributed by atoms with Gasteiger partial charge in [0.15, 0.2) is 25.2 Å². The number of benzene rings is 1. The molecule has 4 aliphatic heterocycles. The van der Waals surface area contributed by atoms with Crippen molar-refractivity contribution in [2.75, 3.05) is 33.0 Å². The molecule has 1 aromatic carbocycles. The maximum Gasteiger partial charge on any atom is 0.251 e. The molecule has 4 fully saturated rings. The minimum Gasteiger partial charge on any atom is -0.494 e. The van der Waals surface area contributed by atoms with Gasteiger partial charge in [0.1, 0.15) is 103 Å². The van der Waals surface area contributed by atoms with Crippen molar-refractivity contribution in [3.05, 3.63) is 29.8 Å². The zero-order valence-electron chi connectivity index (χ0n) is 42.5. The van der Waals surface area contributed by atoms with Gasteiger partial charge in [0.05, 0.1) is 33.0 Å². The summed E-state index contributed by atoms with van der Waals surface area (Å²) in [7, 11) is 0. The zero-order valence-corrected chi connectivity index (χ0v) is 43.4. The van der Waals surface area contributed by atoms with E-state index in [0.29, 0.717) is 12.4 Å². The van der Waals surface area contributed by atoms with Crippen LogP contribution < -0.4 is 26.0 Å². The van der Waals surface area contributed by atoms with Crippen LogP contribution >= 0.6 is 12.9 Å². The topological polar surface area (TPSA) is 382 Å². The third-order valence-corrected chi connectivity index (χ3v) is 13.6. The molecule has 26 nitrogen and oxygen atoms in total. The lowest BCUT2D eigenvalue weighted by Gasteiger charge is -2.51. The van der Waals surface area contributed by atoms with Gasteiger partial charge in [0.2, 0.25) is 17.7 Å². The third-order valence-electron chi connectivity index (χ3n) is 13.4. The second-order valence-corrected chi connectivity index (χ2v) is 19.4. The van der Waals surface area contributed by atoms with Crippen molar-refractivity contribution in [2.45, 2.75) is 208 Å². The molecule has 5 rings (SSSR count). The molecule has 1 aromatic rings. The van der Waals surface area contributed by atoms with E-state index in [-0.39, 0.29) is 5.56 Å². The molecular weight excluding hydrogens is 1020 g/mol. The van der Waals surface area contributed by atoms with Crippen LogP contribution in [0.15, 0.2) is 24.3 Å². The van der Waals surface area contributed by atoms with E-state index >= 15 is 0 Å². The van der Waals surface area contributed by atoms with E-state index in [1.807, 2.05) is 0 Å². The lowest BCUT2D eigenvalue weighted by Crippen LogP contribution is -2.71. The van der Waals surface area contributed by atoms with E-state index in [1.54, 1.807) is 12.1 Å². The van der Waals surface area contributed by atoms with Gasteiger partial charge < -0.3 is 109 Å². The minimum atomic E-state index is -1.93. The number of hydrogen-bond donors (Lipinski definition) is 14. The molecule has 0 bridgehead atoms. The molecule has 0 spiro atoms. The van der Waals surface area contributed by atoms with Crippen molar-refractivity contribution in [2.24, 2.45) is 0 Å². The Balaban J connectivity index is 1.32. The van der Waals surface area contributed by atoms with Crippen molar-refractivity contribution in [3.63, 3.8) is 0 Å². The van der Waals surface area contributed by atoms with E-state index < -0.39 is 173 Å². The summed E-state index contributed by atoms with van der Waals surface area (Å²) >= 11 is 3.73. The van der Waals surface area contributed by atoms with Gasteiger partial charge >= 0.3 is 0 Å². The molecule has 4 amide bonds. The number of amides is 4. The average molecular weight is 1100 g/mol. The lowest BCUT2D eigenvalue weighted by atomic mass is 9.93. The molecule has 13 N–H and O–H groups in total. The Morgan fingerprint density at radius 1 is 0.547 bits per heavy atom. The molecule has 27 heteroatoms. The van der Waals surface area contributed by atoms with Crippen molar-refractivity contribution < 1.29 is 107 Å². The van der Waals surface area contributed by atoms with Crippen LogP contribution in [0.4, 0.5) is 0 Å². The SMILES string of the molecule is CCCCCCCCCCCOc1cccc(C(=O)NC2C(OC3C(CO)OC(OC4C(CO)OC(OC5C(COS)OC(O)C(NC(C)=O)C5O)C(NC(C)=O)C4O)C(NC(C)=O)C3O)OC(CO)C(O)C2O)c1. The Morgan fingerprint density at radius 3 is 1.47 bits per heavy atom. The Bertz CT molecular complexity index is 1930. The summed E-state index contributed by atoms with van der Waals surface area (Å²) in [6, 6.07) is -0.0419. The molecule has 0 aliphatic carbocycles. The Hall–Kier alpha value is -3.43. The Morgan fingerprint density at radius 2 is 0.987 bits per heavy atom. The number of ether oxygens (including phenoxy) is 8. The number of aliphatic hydroxyl groups is 9. The van der Waals surface area contributed by atoms with Crippen LogP contribution in [0.1, 0.15) is 95.8 Å². The highest BCUT2D eigenvalue weighted by molar-refractivity contribution is 7.75. The fraction of sp³-hybridized carbons (Fsp3) is 0.792. The second-order valence-electron chi connectivity index (χ2n) is 19.2. The standard InChI is InChI=1S/C48H78N4O22S/c1-5-6-7-8-9-10-11-12-13-17-66-27-16-14-15-26(18-27)44(64)52-33-37(60)36(59)28(19-53)69-46(33)72-41-29(20-54)70-47(34(39(41)62)50-24(3)57)73-42-30(21-55)71-48(35(40(42)63)51-25(4)58)74-43-31(22-67-75)68-45(65)32(38(43)61)49-23(2)56/h14-16,18,28-43,45-48,53-55,59-63,65,75H,5-13,17,19-22H2,1-4H3,(H,49,56)(H,50,57)(H,51,58)(H,52,64). The maximum atomic E-state index is 13.8. The highest BCUT2D eigenvalue weighted by atomic mass is 32.1. The molecule has 4 saturated heterocycles. The van der Waals surface area contributed by atoms with Gasteiger partial charge in [-0.1, -0.05) is 64.4 Å². The van der Waals surface area contributed by atoms with E-state index in [9.17, 15) is 65.1 Å². The van der Waals surface area contributed by atoms with Crippen LogP contribution in [0.25, 0.3) is 0 Å². The van der Waals surface area contributed by atoms with Gasteiger partial charge in [-0.3, -0.25) is 19.2 Å². The van der Waals surface area contributed by atoms with Crippen molar-refractivity contribution in [1.82, 2.24) is 21.3 Å². The molecule has 75 heavy (non-hydrogen) atoms. The first-order valence-electron chi connectivity index (χ1n) is 25.5. The number of thiol groups is 1. The number of aliphatic hydroxyl groups excluding tert-OH is 9. The maximum absolute atomic E-state index is 13.8. The van der Waals surface area contributed by atoms with Crippen molar-refractivity contribution >= 4 is 36.5 Å². The smallest absolute Gasteiger partial charge is 0.251 e. The fourth-order valence-corrected chi connectivity index (χ4v) is 9.71. The first-order valence-corrected chi connectivity index (χ1v) is 25.8. The first kappa shape index (κ1) is 62.4. The monoisotopic (exact) mass is 1090 g/mol. The van der Waals surface area contributed by atoms with E-state index in [4.69, 9.17) is 42.1 Å². The fourth-order valence-electron chi connectivity index (χ4n) is 9.56. The molecule has 0 aromatic heterocycles. The number of carbonyl (C=O) groups excluding carboxylic acids is 4. The summed E-state index contributed by atoms with van der Waals surface area (Å²) in [5.41, 5.74) is 0.0984. The quantitative estimate of drug-likeness (QED) is 0.0236. The van der Waals surface area contributed by atoms with Crippen LogP contribution in [0.2, 0.25) is 0 Å². The van der Waals surface area contributed by atoms with Crippen molar-refractivity contribution in [3.8, 4) is 5.75 Å². The van der Waals surface area contributed by atoms with E-state index in [1.165, 1.54) is 44.2 Å². The zero-order chi connectivity index (χ0) is 54.9. The molecule has 0 radical (unpaired) electrons. The summed E-state index contributed by atoms with van der Waals surface area (Å²) in [4.78, 5) is 51.1. The molecule has 20 unspecified atom stereocenters. The second kappa shape index (κ2) is 30.6. The summed E-state index contributed by atoms with van der Waals surface area (Å²) in [5.74, 6) is -2.49. The van der Waals surface area contributed by atoms with Crippen LogP contribution in [0, 0.1) is 0 Å². The molecule has 20 atom stereocenters. The number of nitrogens with one attached hydrogen (secondary N) is 4. The van der Waals surface area contributed by atoms with Crippen LogP contribution in [0.5, 0.6) is 5.75 Å². The lowest BCUT2D eigenvalue weighted by molar-refractivity contribution is -0.361. The van der Waals surface area contributed by atoms with Crippen molar-refractivity contribution in [1.29, 1.82) is 0 Å². The predicted octanol–water partition coefficient (Wildman–Crippen LogP) is -3.10.